The fourth-order valence-corrected chi connectivity index (χ4v) is 4.18. The van der Waals surface area contributed by atoms with Crippen LogP contribution in [0.4, 0.5) is 0 Å². The Bertz CT molecular complexity index is 985. The zero-order valence-electron chi connectivity index (χ0n) is 17.2. The van der Waals surface area contributed by atoms with E-state index in [-0.39, 0.29) is 29.7 Å². The summed E-state index contributed by atoms with van der Waals surface area (Å²) in [6.07, 6.45) is 0.0525. The second-order valence-electron chi connectivity index (χ2n) is 6.94. The van der Waals surface area contributed by atoms with Crippen LogP contribution in [0.1, 0.15) is 33.5 Å². The molecule has 0 unspecified atom stereocenters. The van der Waals surface area contributed by atoms with E-state index in [1.165, 1.54) is 4.90 Å². The Kier molecular flexibility index (Phi) is 7.53. The molecule has 8 heteroatoms. The van der Waals surface area contributed by atoms with Crippen molar-refractivity contribution >= 4 is 21.8 Å². The second-order valence-corrected chi connectivity index (χ2v) is 8.68. The van der Waals surface area contributed by atoms with Gasteiger partial charge in [-0.3, -0.25) is 9.59 Å². The number of hydrogen-bond donors (Lipinski definition) is 2. The molecule has 2 N–H and O–H groups in total. The predicted octanol–water partition coefficient (Wildman–Crippen LogP) is 1.99. The molecule has 0 saturated heterocycles. The molecule has 0 heterocycles. The first-order chi connectivity index (χ1) is 13.6. The van der Waals surface area contributed by atoms with Crippen molar-refractivity contribution in [1.82, 2.24) is 14.9 Å². The molecule has 2 rings (SSSR count). The summed E-state index contributed by atoms with van der Waals surface area (Å²) >= 11 is 0. The highest BCUT2D eigenvalue weighted by Gasteiger charge is 2.18. The minimum atomic E-state index is -3.67. The standard InChI is InChI=1S/C21H27N3O4S/c1-15-5-6-16(2)19(13-15)29(27,28)23-12-11-20(25)24(4)14-17-7-9-18(10-8-17)21(26)22-3/h5-10,13,23H,11-12,14H2,1-4H3,(H,22,26). The van der Waals surface area contributed by atoms with E-state index in [4.69, 9.17) is 0 Å². The molecule has 0 aliphatic carbocycles. The lowest BCUT2D eigenvalue weighted by Crippen LogP contribution is -2.32. The molecule has 2 amide bonds. The number of sulfonamides is 1. The van der Waals surface area contributed by atoms with Crippen LogP contribution in [0.3, 0.4) is 0 Å². The van der Waals surface area contributed by atoms with Crippen LogP contribution in [0.2, 0.25) is 0 Å². The first-order valence-corrected chi connectivity index (χ1v) is 10.7. The second kappa shape index (κ2) is 9.67. The number of nitrogens with one attached hydrogen (secondary N) is 2. The molecule has 0 bridgehead atoms. The number of carbonyl (C=O) groups excluding carboxylic acids is 2. The van der Waals surface area contributed by atoms with E-state index in [0.717, 1.165) is 11.1 Å². The van der Waals surface area contributed by atoms with E-state index in [0.29, 0.717) is 17.7 Å². The highest BCUT2D eigenvalue weighted by Crippen LogP contribution is 2.16. The van der Waals surface area contributed by atoms with Crippen molar-refractivity contribution in [3.63, 3.8) is 0 Å². The maximum absolute atomic E-state index is 12.5. The van der Waals surface area contributed by atoms with Gasteiger partial charge < -0.3 is 10.2 Å². The summed E-state index contributed by atoms with van der Waals surface area (Å²) in [6.45, 7) is 3.96. The van der Waals surface area contributed by atoms with E-state index < -0.39 is 10.0 Å². The van der Waals surface area contributed by atoms with Gasteiger partial charge in [0.2, 0.25) is 15.9 Å². The van der Waals surface area contributed by atoms with E-state index in [1.807, 2.05) is 13.0 Å². The topological polar surface area (TPSA) is 95.6 Å². The fourth-order valence-electron chi connectivity index (χ4n) is 2.83. The van der Waals surface area contributed by atoms with Crippen molar-refractivity contribution in [2.24, 2.45) is 0 Å². The predicted molar refractivity (Wildman–Crippen MR) is 112 cm³/mol. The minimum absolute atomic E-state index is 0.0223. The highest BCUT2D eigenvalue weighted by molar-refractivity contribution is 7.89. The zero-order valence-corrected chi connectivity index (χ0v) is 18.0. The molecule has 0 spiro atoms. The summed E-state index contributed by atoms with van der Waals surface area (Å²) in [4.78, 5) is 25.7. The normalized spacial score (nSPS) is 11.2. The van der Waals surface area contributed by atoms with Crippen LogP contribution in [-0.4, -0.2) is 45.8 Å². The van der Waals surface area contributed by atoms with Gasteiger partial charge in [0.15, 0.2) is 0 Å². The van der Waals surface area contributed by atoms with E-state index in [2.05, 4.69) is 10.0 Å². The van der Waals surface area contributed by atoms with Crippen molar-refractivity contribution in [2.75, 3.05) is 20.6 Å². The first kappa shape index (κ1) is 22.6. The van der Waals surface area contributed by atoms with Gasteiger partial charge in [-0.15, -0.1) is 0 Å². The Morgan fingerprint density at radius 1 is 1.03 bits per heavy atom. The number of carbonyl (C=O) groups is 2. The molecule has 0 saturated carbocycles. The van der Waals surface area contributed by atoms with Crippen molar-refractivity contribution in [3.05, 3.63) is 64.7 Å². The maximum atomic E-state index is 12.5. The summed E-state index contributed by atoms with van der Waals surface area (Å²) < 4.78 is 27.5. The monoisotopic (exact) mass is 417 g/mol. The van der Waals surface area contributed by atoms with Crippen LogP contribution in [0.25, 0.3) is 0 Å². The van der Waals surface area contributed by atoms with Gasteiger partial charge in [-0.2, -0.15) is 0 Å². The summed E-state index contributed by atoms with van der Waals surface area (Å²) in [6, 6.07) is 12.2. The minimum Gasteiger partial charge on any atom is -0.355 e. The lowest BCUT2D eigenvalue weighted by molar-refractivity contribution is -0.130. The number of benzene rings is 2. The smallest absolute Gasteiger partial charge is 0.251 e. The van der Waals surface area contributed by atoms with Crippen molar-refractivity contribution in [2.45, 2.75) is 31.7 Å². The van der Waals surface area contributed by atoms with Gasteiger partial charge in [0, 0.05) is 39.2 Å². The molecular weight excluding hydrogens is 390 g/mol. The molecule has 2 aromatic rings. The van der Waals surface area contributed by atoms with Gasteiger partial charge in [0.25, 0.3) is 5.91 Å². The Morgan fingerprint density at radius 2 is 1.69 bits per heavy atom. The summed E-state index contributed by atoms with van der Waals surface area (Å²) in [7, 11) is -0.440. The zero-order chi connectivity index (χ0) is 21.6. The van der Waals surface area contributed by atoms with Crippen molar-refractivity contribution in [1.29, 1.82) is 0 Å². The highest BCUT2D eigenvalue weighted by atomic mass is 32.2. The van der Waals surface area contributed by atoms with Gasteiger partial charge in [-0.05, 0) is 48.7 Å². The van der Waals surface area contributed by atoms with E-state index in [1.54, 1.807) is 57.4 Å². The number of nitrogens with zero attached hydrogens (tertiary/aromatic N) is 1. The molecule has 0 aliphatic heterocycles. The summed E-state index contributed by atoms with van der Waals surface area (Å²) in [5.74, 6) is -0.346. The number of aryl methyl sites for hydroxylation is 2. The maximum Gasteiger partial charge on any atom is 0.251 e. The Hall–Kier alpha value is -2.71. The van der Waals surface area contributed by atoms with Crippen LogP contribution < -0.4 is 10.0 Å². The number of rotatable bonds is 8. The quantitative estimate of drug-likeness (QED) is 0.687. The third kappa shape index (κ3) is 6.13. The molecule has 7 nitrogen and oxygen atoms in total. The Labute approximate surface area is 172 Å². The average molecular weight is 418 g/mol. The number of amides is 2. The molecule has 0 fully saturated rings. The van der Waals surface area contributed by atoms with Crippen LogP contribution in [0.15, 0.2) is 47.4 Å². The van der Waals surface area contributed by atoms with Crippen molar-refractivity contribution in [3.8, 4) is 0 Å². The van der Waals surface area contributed by atoms with Crippen LogP contribution in [0, 0.1) is 13.8 Å². The van der Waals surface area contributed by atoms with Gasteiger partial charge in [0.1, 0.15) is 0 Å². The van der Waals surface area contributed by atoms with Gasteiger partial charge in [-0.1, -0.05) is 24.3 Å². The Morgan fingerprint density at radius 3 is 2.31 bits per heavy atom. The van der Waals surface area contributed by atoms with E-state index >= 15 is 0 Å². The molecular formula is C21H27N3O4S. The fraction of sp³-hybridized carbons (Fsp3) is 0.333. The van der Waals surface area contributed by atoms with Gasteiger partial charge >= 0.3 is 0 Å². The average Bonchev–Trinajstić information content (AvgIpc) is 2.69. The third-order valence-electron chi connectivity index (χ3n) is 4.55. The number of hydrogen-bond acceptors (Lipinski definition) is 4. The first-order valence-electron chi connectivity index (χ1n) is 9.26. The molecule has 156 valence electrons. The molecule has 0 radical (unpaired) electrons. The van der Waals surface area contributed by atoms with Crippen LogP contribution in [-0.2, 0) is 21.4 Å². The SMILES string of the molecule is CNC(=O)c1ccc(CN(C)C(=O)CCNS(=O)(=O)c2cc(C)ccc2C)cc1. The van der Waals surface area contributed by atoms with Gasteiger partial charge in [-0.25, -0.2) is 13.1 Å². The molecule has 29 heavy (non-hydrogen) atoms. The van der Waals surface area contributed by atoms with Gasteiger partial charge in [0.05, 0.1) is 4.90 Å². The molecule has 0 atom stereocenters. The lowest BCUT2D eigenvalue weighted by Gasteiger charge is -2.18. The van der Waals surface area contributed by atoms with Crippen molar-refractivity contribution < 1.29 is 18.0 Å². The van der Waals surface area contributed by atoms with Crippen LogP contribution >= 0.6 is 0 Å². The van der Waals surface area contributed by atoms with Crippen LogP contribution in [0.5, 0.6) is 0 Å². The lowest BCUT2D eigenvalue weighted by atomic mass is 10.1. The third-order valence-corrected chi connectivity index (χ3v) is 6.16. The summed E-state index contributed by atoms with van der Waals surface area (Å²) in [5.41, 5.74) is 2.94. The molecule has 2 aromatic carbocycles. The Balaban J connectivity index is 1.90. The van der Waals surface area contributed by atoms with E-state index in [9.17, 15) is 18.0 Å². The molecule has 0 aliphatic rings. The largest absolute Gasteiger partial charge is 0.355 e. The molecule has 0 aromatic heterocycles. The summed E-state index contributed by atoms with van der Waals surface area (Å²) in [5, 5.41) is 2.55.